The van der Waals surface area contributed by atoms with E-state index in [9.17, 15) is 9.59 Å². The minimum Gasteiger partial charge on any atom is -0.480 e. The van der Waals surface area contributed by atoms with Gasteiger partial charge in [-0.05, 0) is 12.3 Å². The molecule has 0 aromatic carbocycles. The Hall–Kier alpha value is -2.18. The molecule has 20 heavy (non-hydrogen) atoms. The maximum atomic E-state index is 11.7. The van der Waals surface area contributed by atoms with E-state index in [1.165, 1.54) is 0 Å². The lowest BCUT2D eigenvalue weighted by atomic mass is 9.87. The Labute approximate surface area is 117 Å². The molecule has 3 N–H and O–H groups in total. The molecule has 0 saturated carbocycles. The molecule has 0 saturated heterocycles. The van der Waals surface area contributed by atoms with Gasteiger partial charge in [-0.3, -0.25) is 9.97 Å². The molecule has 1 atom stereocenters. The molecule has 0 aliphatic rings. The lowest BCUT2D eigenvalue weighted by molar-refractivity contribution is -0.141. The smallest absolute Gasteiger partial charge is 0.326 e. The first-order valence-corrected chi connectivity index (χ1v) is 6.25. The molecule has 0 fully saturated rings. The zero-order valence-corrected chi connectivity index (χ0v) is 12.1. The van der Waals surface area contributed by atoms with Crippen molar-refractivity contribution in [3.05, 3.63) is 23.8 Å². The Kier molecular flexibility index (Phi) is 5.01. The number of aryl methyl sites for hydroxylation is 1. The van der Waals surface area contributed by atoms with Gasteiger partial charge in [0.1, 0.15) is 6.04 Å². The molecule has 1 aromatic rings. The maximum absolute atomic E-state index is 11.7. The molecular formula is C13H20N4O3. The topological polar surface area (TPSA) is 104 Å². The number of carboxylic acid groups (broad SMARTS) is 1. The molecule has 0 radical (unpaired) electrons. The number of aliphatic carboxylic acids is 1. The molecule has 0 aliphatic heterocycles. The van der Waals surface area contributed by atoms with Crippen LogP contribution in [0, 0.1) is 12.3 Å². The molecule has 0 aliphatic carbocycles. The maximum Gasteiger partial charge on any atom is 0.326 e. The number of carboxylic acids is 1. The van der Waals surface area contributed by atoms with Crippen molar-refractivity contribution < 1.29 is 14.7 Å². The highest BCUT2D eigenvalue weighted by atomic mass is 16.4. The van der Waals surface area contributed by atoms with Crippen LogP contribution in [0.25, 0.3) is 0 Å². The Morgan fingerprint density at radius 2 is 1.95 bits per heavy atom. The van der Waals surface area contributed by atoms with Gasteiger partial charge in [-0.2, -0.15) is 0 Å². The third-order valence-electron chi connectivity index (χ3n) is 2.65. The van der Waals surface area contributed by atoms with Crippen molar-refractivity contribution in [1.29, 1.82) is 0 Å². The van der Waals surface area contributed by atoms with E-state index >= 15 is 0 Å². The summed E-state index contributed by atoms with van der Waals surface area (Å²) in [5, 5.41) is 14.1. The Morgan fingerprint density at radius 3 is 2.40 bits per heavy atom. The van der Waals surface area contributed by atoms with Crippen LogP contribution in [0.4, 0.5) is 4.79 Å². The molecule has 0 spiro atoms. The molecule has 1 aromatic heterocycles. The average molecular weight is 280 g/mol. The first kappa shape index (κ1) is 15.9. The van der Waals surface area contributed by atoms with Gasteiger partial charge in [-0.25, -0.2) is 9.59 Å². The van der Waals surface area contributed by atoms with Crippen LogP contribution in [-0.2, 0) is 11.3 Å². The van der Waals surface area contributed by atoms with Crippen molar-refractivity contribution in [2.24, 2.45) is 5.41 Å². The molecular weight excluding hydrogens is 260 g/mol. The van der Waals surface area contributed by atoms with Crippen molar-refractivity contribution in [2.45, 2.75) is 40.3 Å². The monoisotopic (exact) mass is 280 g/mol. The third-order valence-corrected chi connectivity index (χ3v) is 2.65. The van der Waals surface area contributed by atoms with Crippen molar-refractivity contribution >= 4 is 12.0 Å². The zero-order valence-electron chi connectivity index (χ0n) is 12.1. The average Bonchev–Trinajstić information content (AvgIpc) is 2.33. The number of hydrogen-bond acceptors (Lipinski definition) is 4. The zero-order chi connectivity index (χ0) is 15.3. The molecule has 2 amide bonds. The fraction of sp³-hybridized carbons (Fsp3) is 0.538. The highest BCUT2D eigenvalue weighted by Gasteiger charge is 2.32. The van der Waals surface area contributed by atoms with Crippen LogP contribution in [-0.4, -0.2) is 33.1 Å². The highest BCUT2D eigenvalue weighted by Crippen LogP contribution is 2.19. The van der Waals surface area contributed by atoms with Gasteiger partial charge in [0.05, 0.1) is 24.1 Å². The minimum absolute atomic E-state index is 0.190. The SMILES string of the molecule is Cc1cnc(CNC(=O)N[C@H](C(=O)O)C(C)(C)C)cn1. The van der Waals surface area contributed by atoms with Crippen LogP contribution < -0.4 is 10.6 Å². The number of urea groups is 1. The summed E-state index contributed by atoms with van der Waals surface area (Å²) >= 11 is 0. The van der Waals surface area contributed by atoms with E-state index < -0.39 is 23.5 Å². The number of nitrogens with zero attached hydrogens (tertiary/aromatic N) is 2. The summed E-state index contributed by atoms with van der Waals surface area (Å²) < 4.78 is 0. The summed E-state index contributed by atoms with van der Waals surface area (Å²) in [4.78, 5) is 31.0. The largest absolute Gasteiger partial charge is 0.480 e. The number of carbonyl (C=O) groups excluding carboxylic acids is 1. The standard InChI is InChI=1S/C13H20N4O3/c1-8-5-15-9(6-14-8)7-16-12(20)17-10(11(18)19)13(2,3)4/h5-6,10H,7H2,1-4H3,(H,18,19)(H2,16,17,20)/t10-/m1/s1. The lowest BCUT2D eigenvalue weighted by Gasteiger charge is -2.27. The van der Waals surface area contributed by atoms with E-state index in [-0.39, 0.29) is 6.54 Å². The van der Waals surface area contributed by atoms with E-state index in [0.717, 1.165) is 5.69 Å². The molecule has 0 unspecified atom stereocenters. The Balaban J connectivity index is 2.54. The summed E-state index contributed by atoms with van der Waals surface area (Å²) in [5.41, 5.74) is 0.817. The van der Waals surface area contributed by atoms with Crippen LogP contribution in [0.5, 0.6) is 0 Å². The molecule has 7 heteroatoms. The van der Waals surface area contributed by atoms with Crippen LogP contribution in [0.15, 0.2) is 12.4 Å². The summed E-state index contributed by atoms with van der Waals surface area (Å²) in [6, 6.07) is -1.51. The lowest BCUT2D eigenvalue weighted by Crippen LogP contribution is -2.52. The van der Waals surface area contributed by atoms with Gasteiger partial charge in [0.2, 0.25) is 0 Å². The fourth-order valence-electron chi connectivity index (χ4n) is 1.51. The van der Waals surface area contributed by atoms with Gasteiger partial charge in [-0.1, -0.05) is 20.8 Å². The number of amides is 2. The minimum atomic E-state index is -1.07. The van der Waals surface area contributed by atoms with Crippen LogP contribution >= 0.6 is 0 Å². The van der Waals surface area contributed by atoms with Crippen LogP contribution in [0.1, 0.15) is 32.2 Å². The van der Waals surface area contributed by atoms with Gasteiger partial charge < -0.3 is 15.7 Å². The summed E-state index contributed by atoms with van der Waals surface area (Å²) in [5.74, 6) is -1.07. The van der Waals surface area contributed by atoms with Crippen molar-refractivity contribution in [2.75, 3.05) is 0 Å². The van der Waals surface area contributed by atoms with Gasteiger partial charge in [0.15, 0.2) is 0 Å². The van der Waals surface area contributed by atoms with E-state index in [2.05, 4.69) is 20.6 Å². The van der Waals surface area contributed by atoms with Gasteiger partial charge >= 0.3 is 12.0 Å². The number of nitrogens with one attached hydrogen (secondary N) is 2. The van der Waals surface area contributed by atoms with E-state index in [0.29, 0.717) is 5.69 Å². The van der Waals surface area contributed by atoms with Crippen LogP contribution in [0.2, 0.25) is 0 Å². The van der Waals surface area contributed by atoms with Gasteiger partial charge in [0.25, 0.3) is 0 Å². The summed E-state index contributed by atoms with van der Waals surface area (Å²) in [6.45, 7) is 7.25. The van der Waals surface area contributed by atoms with Crippen molar-refractivity contribution in [3.63, 3.8) is 0 Å². The van der Waals surface area contributed by atoms with Crippen molar-refractivity contribution in [3.8, 4) is 0 Å². The van der Waals surface area contributed by atoms with E-state index in [1.807, 2.05) is 6.92 Å². The van der Waals surface area contributed by atoms with E-state index in [1.54, 1.807) is 33.2 Å². The molecule has 0 bridgehead atoms. The number of rotatable bonds is 4. The van der Waals surface area contributed by atoms with Gasteiger partial charge in [0, 0.05) is 6.20 Å². The number of hydrogen-bond donors (Lipinski definition) is 3. The Morgan fingerprint density at radius 1 is 1.30 bits per heavy atom. The quantitative estimate of drug-likeness (QED) is 0.765. The second kappa shape index (κ2) is 6.31. The normalized spacial score (nSPS) is 12.6. The molecule has 1 rings (SSSR count). The second-order valence-corrected chi connectivity index (χ2v) is 5.61. The molecule has 7 nitrogen and oxygen atoms in total. The first-order chi connectivity index (χ1) is 9.20. The number of aromatic nitrogens is 2. The van der Waals surface area contributed by atoms with E-state index in [4.69, 9.17) is 5.11 Å². The predicted octanol–water partition coefficient (Wildman–Crippen LogP) is 1.08. The fourth-order valence-corrected chi connectivity index (χ4v) is 1.51. The Bertz CT molecular complexity index is 479. The first-order valence-electron chi connectivity index (χ1n) is 6.25. The van der Waals surface area contributed by atoms with Gasteiger partial charge in [-0.15, -0.1) is 0 Å². The summed E-state index contributed by atoms with van der Waals surface area (Å²) in [6.07, 6.45) is 3.16. The van der Waals surface area contributed by atoms with Crippen molar-refractivity contribution in [1.82, 2.24) is 20.6 Å². The molecule has 110 valence electrons. The number of carbonyl (C=O) groups is 2. The molecule has 1 heterocycles. The van der Waals surface area contributed by atoms with Crippen LogP contribution in [0.3, 0.4) is 0 Å². The predicted molar refractivity (Wildman–Crippen MR) is 73.0 cm³/mol. The second-order valence-electron chi connectivity index (χ2n) is 5.61. The highest BCUT2D eigenvalue weighted by molar-refractivity contribution is 5.83. The summed E-state index contributed by atoms with van der Waals surface area (Å²) in [7, 11) is 0. The third kappa shape index (κ3) is 4.83.